The second kappa shape index (κ2) is 8.67. The molecule has 0 N–H and O–H groups in total. The Kier molecular flexibility index (Phi) is 6.49. The van der Waals surface area contributed by atoms with E-state index in [1.807, 2.05) is 4.90 Å². The number of nitrogens with zero attached hydrogens (tertiary/aromatic N) is 3. The van der Waals surface area contributed by atoms with Crippen LogP contribution in [0.5, 0.6) is 0 Å². The highest BCUT2D eigenvalue weighted by atomic mass is 32.2. The molecule has 2 saturated heterocycles. The van der Waals surface area contributed by atoms with E-state index in [-0.39, 0.29) is 17.6 Å². The standard InChI is InChI=1S/C19H28FN3O3S/c1-27(25,26)23-11-7-17(8-12-23)19(24)22-10-2-9-21(13-14-22)15-16-3-5-18(20)6-4-16/h3-6,17H,2,7-15H2,1H3. The highest BCUT2D eigenvalue weighted by molar-refractivity contribution is 7.88. The molecule has 3 rings (SSSR count). The number of carbonyl (C=O) groups is 1. The van der Waals surface area contributed by atoms with Crippen molar-refractivity contribution in [3.63, 3.8) is 0 Å². The summed E-state index contributed by atoms with van der Waals surface area (Å²) in [7, 11) is -3.17. The van der Waals surface area contributed by atoms with E-state index in [1.54, 1.807) is 12.1 Å². The molecule has 2 heterocycles. The molecule has 1 aromatic carbocycles. The fourth-order valence-electron chi connectivity index (χ4n) is 3.89. The van der Waals surface area contributed by atoms with Crippen molar-refractivity contribution in [1.82, 2.24) is 14.1 Å². The van der Waals surface area contributed by atoms with Gasteiger partial charge in [-0.2, -0.15) is 0 Å². The van der Waals surface area contributed by atoms with Crippen LogP contribution in [0.3, 0.4) is 0 Å². The first-order valence-corrected chi connectivity index (χ1v) is 11.4. The second-order valence-electron chi connectivity index (χ2n) is 7.52. The van der Waals surface area contributed by atoms with Crippen LogP contribution in [0.2, 0.25) is 0 Å². The smallest absolute Gasteiger partial charge is 0.225 e. The number of halogens is 1. The van der Waals surface area contributed by atoms with Crippen molar-refractivity contribution >= 4 is 15.9 Å². The zero-order chi connectivity index (χ0) is 19.4. The number of hydrogen-bond donors (Lipinski definition) is 0. The zero-order valence-corrected chi connectivity index (χ0v) is 16.6. The lowest BCUT2D eigenvalue weighted by atomic mass is 9.96. The van der Waals surface area contributed by atoms with Crippen LogP contribution >= 0.6 is 0 Å². The topological polar surface area (TPSA) is 60.9 Å². The van der Waals surface area contributed by atoms with Crippen LogP contribution in [0.1, 0.15) is 24.8 Å². The minimum Gasteiger partial charge on any atom is -0.341 e. The van der Waals surface area contributed by atoms with Gasteiger partial charge in [0.25, 0.3) is 0 Å². The fraction of sp³-hybridized carbons (Fsp3) is 0.632. The first-order chi connectivity index (χ1) is 12.8. The van der Waals surface area contributed by atoms with E-state index in [1.165, 1.54) is 22.7 Å². The normalized spacial score (nSPS) is 21.2. The number of amides is 1. The third kappa shape index (κ3) is 5.49. The number of piperidine rings is 1. The van der Waals surface area contributed by atoms with E-state index in [9.17, 15) is 17.6 Å². The van der Waals surface area contributed by atoms with E-state index in [0.717, 1.165) is 38.2 Å². The van der Waals surface area contributed by atoms with Gasteiger partial charge in [-0.15, -0.1) is 0 Å². The van der Waals surface area contributed by atoms with E-state index < -0.39 is 10.0 Å². The Labute approximate surface area is 161 Å². The predicted molar refractivity (Wildman–Crippen MR) is 102 cm³/mol. The van der Waals surface area contributed by atoms with Gasteiger partial charge in [-0.3, -0.25) is 9.69 Å². The van der Waals surface area contributed by atoms with Gasteiger partial charge in [-0.05, 0) is 37.0 Å². The number of rotatable bonds is 4. The Morgan fingerprint density at radius 3 is 2.33 bits per heavy atom. The molecule has 1 amide bonds. The van der Waals surface area contributed by atoms with E-state index in [2.05, 4.69) is 4.90 Å². The monoisotopic (exact) mass is 397 g/mol. The molecule has 8 heteroatoms. The van der Waals surface area contributed by atoms with Gasteiger partial charge in [0.2, 0.25) is 15.9 Å². The van der Waals surface area contributed by atoms with E-state index in [0.29, 0.717) is 32.5 Å². The van der Waals surface area contributed by atoms with Gasteiger partial charge < -0.3 is 4.90 Å². The highest BCUT2D eigenvalue weighted by Crippen LogP contribution is 2.22. The molecule has 0 aliphatic carbocycles. The first kappa shape index (κ1) is 20.2. The average Bonchev–Trinajstić information content (AvgIpc) is 2.88. The molecule has 0 spiro atoms. The molecule has 150 valence electrons. The van der Waals surface area contributed by atoms with Crippen molar-refractivity contribution in [2.24, 2.45) is 5.92 Å². The molecule has 2 aliphatic heterocycles. The first-order valence-electron chi connectivity index (χ1n) is 9.53. The molecule has 0 aromatic heterocycles. The number of benzene rings is 1. The van der Waals surface area contributed by atoms with Gasteiger partial charge in [0, 0.05) is 51.7 Å². The molecule has 0 saturated carbocycles. The molecule has 0 radical (unpaired) electrons. The minimum absolute atomic E-state index is 0.0772. The molecular weight excluding hydrogens is 369 g/mol. The van der Waals surface area contributed by atoms with Crippen LogP contribution in [0.4, 0.5) is 4.39 Å². The van der Waals surface area contributed by atoms with E-state index >= 15 is 0 Å². The lowest BCUT2D eigenvalue weighted by Crippen LogP contribution is -2.45. The molecule has 2 fully saturated rings. The average molecular weight is 398 g/mol. The van der Waals surface area contributed by atoms with Crippen LogP contribution in [-0.4, -0.2) is 74.0 Å². The van der Waals surface area contributed by atoms with Gasteiger partial charge in [0.05, 0.1) is 6.26 Å². The Bertz CT molecular complexity index is 746. The third-order valence-corrected chi connectivity index (χ3v) is 6.79. The lowest BCUT2D eigenvalue weighted by Gasteiger charge is -2.32. The van der Waals surface area contributed by atoms with Crippen molar-refractivity contribution in [3.05, 3.63) is 35.6 Å². The fourth-order valence-corrected chi connectivity index (χ4v) is 4.76. The Morgan fingerprint density at radius 2 is 1.70 bits per heavy atom. The van der Waals surface area contributed by atoms with Gasteiger partial charge in [0.15, 0.2) is 0 Å². The Hall–Kier alpha value is -1.51. The number of hydrogen-bond acceptors (Lipinski definition) is 4. The summed E-state index contributed by atoms with van der Waals surface area (Å²) in [6, 6.07) is 6.56. The molecule has 6 nitrogen and oxygen atoms in total. The summed E-state index contributed by atoms with van der Waals surface area (Å²) in [4.78, 5) is 17.1. The summed E-state index contributed by atoms with van der Waals surface area (Å²) in [5, 5.41) is 0. The summed E-state index contributed by atoms with van der Waals surface area (Å²) in [6.45, 7) is 4.75. The molecule has 0 atom stereocenters. The summed E-state index contributed by atoms with van der Waals surface area (Å²) < 4.78 is 37.7. The highest BCUT2D eigenvalue weighted by Gasteiger charge is 2.32. The minimum atomic E-state index is -3.17. The SMILES string of the molecule is CS(=O)(=O)N1CCC(C(=O)N2CCCN(Cc3ccc(F)cc3)CC2)CC1. The van der Waals surface area contributed by atoms with Crippen molar-refractivity contribution in [1.29, 1.82) is 0 Å². The maximum atomic E-state index is 13.0. The zero-order valence-electron chi connectivity index (χ0n) is 15.8. The Morgan fingerprint density at radius 1 is 1.04 bits per heavy atom. The van der Waals surface area contributed by atoms with Crippen molar-refractivity contribution < 1.29 is 17.6 Å². The number of sulfonamides is 1. The molecule has 2 aliphatic rings. The Balaban J connectivity index is 1.50. The van der Waals surface area contributed by atoms with Crippen molar-refractivity contribution in [3.8, 4) is 0 Å². The summed E-state index contributed by atoms with van der Waals surface area (Å²) in [5.41, 5.74) is 1.07. The predicted octanol–water partition coefficient (Wildman–Crippen LogP) is 1.53. The summed E-state index contributed by atoms with van der Waals surface area (Å²) >= 11 is 0. The molecule has 27 heavy (non-hydrogen) atoms. The molecule has 0 unspecified atom stereocenters. The van der Waals surface area contributed by atoms with Crippen molar-refractivity contribution in [2.45, 2.75) is 25.8 Å². The van der Waals surface area contributed by atoms with Crippen LogP contribution in [-0.2, 0) is 21.4 Å². The number of carbonyl (C=O) groups excluding carboxylic acids is 1. The maximum absolute atomic E-state index is 13.0. The van der Waals surface area contributed by atoms with Crippen LogP contribution in [0, 0.1) is 11.7 Å². The quantitative estimate of drug-likeness (QED) is 0.773. The van der Waals surface area contributed by atoms with Crippen LogP contribution in [0.15, 0.2) is 24.3 Å². The maximum Gasteiger partial charge on any atom is 0.225 e. The molecule has 1 aromatic rings. The van der Waals surface area contributed by atoms with Crippen LogP contribution in [0.25, 0.3) is 0 Å². The van der Waals surface area contributed by atoms with Gasteiger partial charge in [-0.25, -0.2) is 17.1 Å². The summed E-state index contributed by atoms with van der Waals surface area (Å²) in [6.07, 6.45) is 3.33. The molecular formula is C19H28FN3O3S. The van der Waals surface area contributed by atoms with E-state index in [4.69, 9.17) is 0 Å². The van der Waals surface area contributed by atoms with Gasteiger partial charge >= 0.3 is 0 Å². The van der Waals surface area contributed by atoms with Gasteiger partial charge in [0.1, 0.15) is 5.82 Å². The second-order valence-corrected chi connectivity index (χ2v) is 9.50. The summed E-state index contributed by atoms with van der Waals surface area (Å²) in [5.74, 6) is -0.147. The lowest BCUT2D eigenvalue weighted by molar-refractivity contribution is -0.136. The largest absolute Gasteiger partial charge is 0.341 e. The van der Waals surface area contributed by atoms with Crippen LogP contribution < -0.4 is 0 Å². The molecule has 0 bridgehead atoms. The third-order valence-electron chi connectivity index (χ3n) is 5.49. The van der Waals surface area contributed by atoms with Gasteiger partial charge in [-0.1, -0.05) is 12.1 Å². The van der Waals surface area contributed by atoms with Crippen molar-refractivity contribution in [2.75, 3.05) is 45.5 Å².